The summed E-state index contributed by atoms with van der Waals surface area (Å²) in [7, 11) is 3.50. The van der Waals surface area contributed by atoms with E-state index in [0.29, 0.717) is 19.0 Å². The van der Waals surface area contributed by atoms with Crippen molar-refractivity contribution in [1.29, 1.82) is 0 Å². The van der Waals surface area contributed by atoms with Gasteiger partial charge in [-0.2, -0.15) is 0 Å². The van der Waals surface area contributed by atoms with E-state index >= 15 is 0 Å². The molecule has 0 aliphatic carbocycles. The first-order chi connectivity index (χ1) is 14.6. The lowest BCUT2D eigenvalue weighted by Gasteiger charge is -2.16. The number of likely N-dealkylation sites (tertiary alicyclic amines) is 1. The quantitative estimate of drug-likeness (QED) is 0.522. The van der Waals surface area contributed by atoms with Gasteiger partial charge >= 0.3 is 0 Å². The van der Waals surface area contributed by atoms with Crippen LogP contribution in [0.15, 0.2) is 59.6 Å². The highest BCUT2D eigenvalue weighted by molar-refractivity contribution is 5.86. The van der Waals surface area contributed by atoms with Crippen molar-refractivity contribution >= 4 is 11.9 Å². The molecule has 0 atom stereocenters. The first-order valence-corrected chi connectivity index (χ1v) is 10.7. The van der Waals surface area contributed by atoms with E-state index in [4.69, 9.17) is 0 Å². The molecule has 0 bridgehead atoms. The van der Waals surface area contributed by atoms with Crippen molar-refractivity contribution in [2.45, 2.75) is 32.5 Å². The number of carbonyl (C=O) groups is 1. The lowest BCUT2D eigenvalue weighted by Crippen LogP contribution is -2.42. The summed E-state index contributed by atoms with van der Waals surface area (Å²) in [5, 5.41) is 6.49. The molecule has 0 spiro atoms. The summed E-state index contributed by atoms with van der Waals surface area (Å²) in [6.45, 7) is 4.87. The Labute approximate surface area is 180 Å². The van der Waals surface area contributed by atoms with E-state index in [1.807, 2.05) is 30.3 Å². The van der Waals surface area contributed by atoms with Gasteiger partial charge in [-0.3, -0.25) is 9.69 Å². The minimum Gasteiger partial charge on any atom is -0.352 e. The van der Waals surface area contributed by atoms with Gasteiger partial charge in [-0.05, 0) is 42.6 Å². The van der Waals surface area contributed by atoms with E-state index in [1.165, 1.54) is 37.1 Å². The molecule has 30 heavy (non-hydrogen) atoms. The van der Waals surface area contributed by atoms with Crippen LogP contribution in [0.1, 0.15) is 29.5 Å². The molecule has 1 fully saturated rings. The first kappa shape index (κ1) is 21.8. The zero-order valence-electron chi connectivity index (χ0n) is 18.1. The number of guanidine groups is 1. The van der Waals surface area contributed by atoms with Gasteiger partial charge in [-0.15, -0.1) is 0 Å². The Morgan fingerprint density at radius 3 is 2.27 bits per heavy atom. The number of hydrogen-bond donors (Lipinski definition) is 2. The van der Waals surface area contributed by atoms with Crippen LogP contribution in [-0.4, -0.2) is 55.4 Å². The smallest absolute Gasteiger partial charge is 0.241 e. The molecule has 2 N–H and O–H groups in total. The Kier molecular flexibility index (Phi) is 8.27. The third-order valence-electron chi connectivity index (χ3n) is 5.26. The molecule has 0 unspecified atom stereocenters. The summed E-state index contributed by atoms with van der Waals surface area (Å²) < 4.78 is 0. The SMILES string of the molecule is CN(C)C(=O)CNC(=NCc1ccccc1)NCc1ccc(CN2CCCC2)cc1. The van der Waals surface area contributed by atoms with E-state index in [0.717, 1.165) is 12.1 Å². The fourth-order valence-electron chi connectivity index (χ4n) is 3.39. The standard InChI is InChI=1S/C24H33N5O/c1-28(2)23(30)18-27-24(25-16-20-8-4-3-5-9-20)26-17-21-10-12-22(13-11-21)19-29-14-6-7-15-29/h3-5,8-13H,6-7,14-19H2,1-2H3,(H2,25,26,27). The Morgan fingerprint density at radius 1 is 0.933 bits per heavy atom. The molecule has 6 heteroatoms. The molecule has 0 saturated carbocycles. The van der Waals surface area contributed by atoms with Crippen molar-refractivity contribution in [3.8, 4) is 0 Å². The van der Waals surface area contributed by atoms with Crippen LogP contribution in [0, 0.1) is 0 Å². The van der Waals surface area contributed by atoms with Crippen molar-refractivity contribution in [1.82, 2.24) is 20.4 Å². The first-order valence-electron chi connectivity index (χ1n) is 10.7. The predicted octanol–water partition coefficient (Wildman–Crippen LogP) is 2.61. The van der Waals surface area contributed by atoms with Crippen molar-refractivity contribution in [3.05, 3.63) is 71.3 Å². The van der Waals surface area contributed by atoms with Gasteiger partial charge in [0, 0.05) is 27.2 Å². The topological polar surface area (TPSA) is 60.0 Å². The maximum Gasteiger partial charge on any atom is 0.241 e. The zero-order valence-corrected chi connectivity index (χ0v) is 18.1. The van der Waals surface area contributed by atoms with Gasteiger partial charge in [0.1, 0.15) is 0 Å². The minimum absolute atomic E-state index is 0.00970. The lowest BCUT2D eigenvalue weighted by atomic mass is 10.1. The molecule has 1 saturated heterocycles. The largest absolute Gasteiger partial charge is 0.352 e. The van der Waals surface area contributed by atoms with Gasteiger partial charge in [-0.1, -0.05) is 54.6 Å². The molecular formula is C24H33N5O. The number of hydrogen-bond acceptors (Lipinski definition) is 3. The lowest BCUT2D eigenvalue weighted by molar-refractivity contribution is -0.127. The summed E-state index contributed by atoms with van der Waals surface area (Å²) in [5.41, 5.74) is 3.67. The van der Waals surface area contributed by atoms with Crippen molar-refractivity contribution < 1.29 is 4.79 Å². The van der Waals surface area contributed by atoms with Crippen LogP contribution in [0.25, 0.3) is 0 Å². The summed E-state index contributed by atoms with van der Waals surface area (Å²) >= 11 is 0. The summed E-state index contributed by atoms with van der Waals surface area (Å²) in [6, 6.07) is 18.8. The maximum absolute atomic E-state index is 12.0. The third kappa shape index (κ3) is 7.19. The highest BCUT2D eigenvalue weighted by Crippen LogP contribution is 2.13. The van der Waals surface area contributed by atoms with Crippen LogP contribution in [0.4, 0.5) is 0 Å². The van der Waals surface area contributed by atoms with E-state index in [-0.39, 0.29) is 12.5 Å². The average molecular weight is 408 g/mol. The highest BCUT2D eigenvalue weighted by atomic mass is 16.2. The van der Waals surface area contributed by atoms with Gasteiger partial charge in [-0.25, -0.2) is 4.99 Å². The Hall–Kier alpha value is -2.86. The monoisotopic (exact) mass is 407 g/mol. The molecule has 3 rings (SSSR count). The molecule has 1 aliphatic rings. The van der Waals surface area contributed by atoms with Crippen molar-refractivity contribution in [3.63, 3.8) is 0 Å². The molecular weight excluding hydrogens is 374 g/mol. The second-order valence-electron chi connectivity index (χ2n) is 7.95. The van der Waals surface area contributed by atoms with Gasteiger partial charge < -0.3 is 15.5 Å². The third-order valence-corrected chi connectivity index (χ3v) is 5.26. The predicted molar refractivity (Wildman–Crippen MR) is 122 cm³/mol. The van der Waals surface area contributed by atoms with Gasteiger partial charge in [0.25, 0.3) is 0 Å². The van der Waals surface area contributed by atoms with Crippen LogP contribution in [0.5, 0.6) is 0 Å². The van der Waals surface area contributed by atoms with Crippen molar-refractivity contribution in [2.24, 2.45) is 4.99 Å². The molecule has 2 aromatic carbocycles. The number of aliphatic imine (C=N–C) groups is 1. The van der Waals surface area contributed by atoms with E-state index in [2.05, 4.69) is 44.8 Å². The second-order valence-corrected chi connectivity index (χ2v) is 7.95. The number of nitrogens with zero attached hydrogens (tertiary/aromatic N) is 3. The Morgan fingerprint density at radius 2 is 1.60 bits per heavy atom. The van der Waals surface area contributed by atoms with E-state index in [1.54, 1.807) is 19.0 Å². The summed E-state index contributed by atoms with van der Waals surface area (Å²) in [4.78, 5) is 20.7. The Balaban J connectivity index is 1.56. The molecule has 1 amide bonds. The maximum atomic E-state index is 12.0. The number of carbonyl (C=O) groups excluding carboxylic acids is 1. The minimum atomic E-state index is 0.00970. The number of likely N-dealkylation sites (N-methyl/N-ethyl adjacent to an activating group) is 1. The van der Waals surface area contributed by atoms with E-state index in [9.17, 15) is 4.79 Å². The zero-order chi connectivity index (χ0) is 21.2. The molecule has 1 heterocycles. The highest BCUT2D eigenvalue weighted by Gasteiger charge is 2.11. The summed E-state index contributed by atoms with van der Waals surface area (Å²) in [5.74, 6) is 0.644. The number of amides is 1. The van der Waals surface area contributed by atoms with Crippen LogP contribution < -0.4 is 10.6 Å². The fraction of sp³-hybridized carbons (Fsp3) is 0.417. The van der Waals surface area contributed by atoms with Crippen LogP contribution in [0.3, 0.4) is 0 Å². The normalized spacial score (nSPS) is 14.5. The number of benzene rings is 2. The summed E-state index contributed by atoms with van der Waals surface area (Å²) in [6.07, 6.45) is 2.63. The second kappa shape index (κ2) is 11.4. The number of rotatable bonds is 8. The average Bonchev–Trinajstić information content (AvgIpc) is 3.27. The van der Waals surface area contributed by atoms with Crippen LogP contribution in [-0.2, 0) is 24.4 Å². The molecule has 0 radical (unpaired) electrons. The van der Waals surface area contributed by atoms with Crippen LogP contribution >= 0.6 is 0 Å². The number of nitrogens with one attached hydrogen (secondary N) is 2. The van der Waals surface area contributed by atoms with Crippen molar-refractivity contribution in [2.75, 3.05) is 33.7 Å². The van der Waals surface area contributed by atoms with E-state index < -0.39 is 0 Å². The molecule has 1 aliphatic heterocycles. The molecule has 2 aromatic rings. The molecule has 6 nitrogen and oxygen atoms in total. The molecule has 0 aromatic heterocycles. The van der Waals surface area contributed by atoms with Gasteiger partial charge in [0.05, 0.1) is 13.1 Å². The van der Waals surface area contributed by atoms with Gasteiger partial charge in [0.2, 0.25) is 5.91 Å². The molecule has 160 valence electrons. The Bertz CT molecular complexity index is 811. The van der Waals surface area contributed by atoms with Gasteiger partial charge in [0.15, 0.2) is 5.96 Å². The fourth-order valence-corrected chi connectivity index (χ4v) is 3.39. The van der Waals surface area contributed by atoms with Crippen LogP contribution in [0.2, 0.25) is 0 Å².